The van der Waals surface area contributed by atoms with E-state index in [0.717, 1.165) is 44.0 Å². The van der Waals surface area contributed by atoms with Crippen molar-refractivity contribution in [2.75, 3.05) is 43.4 Å². The Kier molecular flexibility index (Phi) is 7.29. The van der Waals surface area contributed by atoms with E-state index in [1.165, 1.54) is 12.1 Å². The van der Waals surface area contributed by atoms with Crippen LogP contribution in [-0.4, -0.2) is 48.2 Å². The van der Waals surface area contributed by atoms with Crippen molar-refractivity contribution in [1.82, 2.24) is 15.2 Å². The molecule has 0 spiro atoms. The first-order chi connectivity index (χ1) is 13.5. The zero-order valence-corrected chi connectivity index (χ0v) is 17.8. The number of anilines is 2. The molecule has 1 aromatic heterocycles. The van der Waals surface area contributed by atoms with Gasteiger partial charge in [-0.15, -0.1) is 0 Å². The number of benzene rings is 1. The Morgan fingerprint density at radius 3 is 2.82 bits per heavy atom. The van der Waals surface area contributed by atoms with Crippen LogP contribution in [0.3, 0.4) is 0 Å². The summed E-state index contributed by atoms with van der Waals surface area (Å²) < 4.78 is 13.4. The molecule has 3 rings (SSSR count). The monoisotopic (exact) mass is 441 g/mol. The first kappa shape index (κ1) is 21.0. The molecule has 0 atom stereocenters. The molecule has 1 fully saturated rings. The maximum atomic E-state index is 13.4. The molecule has 0 bridgehead atoms. The molecule has 28 heavy (non-hydrogen) atoms. The van der Waals surface area contributed by atoms with E-state index in [9.17, 15) is 4.39 Å². The van der Waals surface area contributed by atoms with E-state index in [0.29, 0.717) is 17.3 Å². The number of likely N-dealkylation sites (N-methyl/N-ethyl adjacent to an activating group) is 1. The van der Waals surface area contributed by atoms with E-state index in [1.807, 2.05) is 18.3 Å². The molecule has 2 N–H and O–H groups in total. The number of nitrogens with one attached hydrogen (secondary N) is 2. The van der Waals surface area contributed by atoms with E-state index < -0.39 is 5.82 Å². The molecule has 0 saturated carbocycles. The van der Waals surface area contributed by atoms with Gasteiger partial charge in [0.05, 0.1) is 15.7 Å². The van der Waals surface area contributed by atoms with Gasteiger partial charge in [-0.25, -0.2) is 9.37 Å². The Balaban J connectivity index is 1.65. The van der Waals surface area contributed by atoms with Crippen LogP contribution in [0, 0.1) is 5.82 Å². The summed E-state index contributed by atoms with van der Waals surface area (Å²) in [6, 6.07) is 6.70. The van der Waals surface area contributed by atoms with Crippen LogP contribution in [0.15, 0.2) is 30.5 Å². The van der Waals surface area contributed by atoms with Gasteiger partial charge in [0, 0.05) is 37.9 Å². The Morgan fingerprint density at radius 1 is 1.18 bits per heavy atom. The maximum absolute atomic E-state index is 13.4. The summed E-state index contributed by atoms with van der Waals surface area (Å²) >= 11 is 17.3. The fraction of sp³-hybridized carbons (Fsp3) is 0.368. The number of thiocarbonyl (C=S) groups is 1. The molecular weight excluding hydrogens is 420 g/mol. The van der Waals surface area contributed by atoms with E-state index in [-0.39, 0.29) is 10.0 Å². The summed E-state index contributed by atoms with van der Waals surface area (Å²) in [5.74, 6) is 0.398. The molecule has 1 aliphatic heterocycles. The van der Waals surface area contributed by atoms with Crippen LogP contribution >= 0.6 is 35.4 Å². The maximum Gasteiger partial charge on any atom is 0.171 e. The topological polar surface area (TPSA) is 43.4 Å². The Labute approximate surface area is 179 Å². The average molecular weight is 442 g/mol. The van der Waals surface area contributed by atoms with Crippen molar-refractivity contribution in [2.24, 2.45) is 0 Å². The predicted octanol–water partition coefficient (Wildman–Crippen LogP) is 4.16. The second kappa shape index (κ2) is 9.69. The summed E-state index contributed by atoms with van der Waals surface area (Å²) in [6.07, 6.45) is 2.91. The summed E-state index contributed by atoms with van der Waals surface area (Å²) in [7, 11) is 2.14. The van der Waals surface area contributed by atoms with Gasteiger partial charge in [-0.3, -0.25) is 0 Å². The number of hydrogen-bond acceptors (Lipinski definition) is 4. The van der Waals surface area contributed by atoms with Crippen LogP contribution in [0.5, 0.6) is 0 Å². The van der Waals surface area contributed by atoms with Crippen molar-refractivity contribution >= 4 is 52.0 Å². The Bertz CT molecular complexity index is 851. The number of pyridine rings is 1. The van der Waals surface area contributed by atoms with Crippen molar-refractivity contribution in [2.45, 2.75) is 13.0 Å². The third-order valence-corrected chi connectivity index (χ3v) is 5.71. The lowest BCUT2D eigenvalue weighted by Gasteiger charge is -2.24. The second-order valence-corrected chi connectivity index (χ2v) is 7.82. The minimum atomic E-state index is -0.570. The number of rotatable bonds is 4. The fourth-order valence-electron chi connectivity index (χ4n) is 3.08. The minimum Gasteiger partial charge on any atom is -0.358 e. The lowest BCUT2D eigenvalue weighted by atomic mass is 10.2. The molecular formula is C19H22Cl2FN5S. The molecule has 1 saturated heterocycles. The van der Waals surface area contributed by atoms with Gasteiger partial charge >= 0.3 is 0 Å². The molecule has 1 aromatic carbocycles. The van der Waals surface area contributed by atoms with Crippen molar-refractivity contribution in [3.05, 3.63) is 51.9 Å². The molecule has 150 valence electrons. The van der Waals surface area contributed by atoms with Crippen LogP contribution in [0.25, 0.3) is 0 Å². The van der Waals surface area contributed by atoms with Crippen LogP contribution in [0.4, 0.5) is 15.9 Å². The van der Waals surface area contributed by atoms with Crippen LogP contribution in [-0.2, 0) is 6.54 Å². The quantitative estimate of drug-likeness (QED) is 0.548. The van der Waals surface area contributed by atoms with Gasteiger partial charge < -0.3 is 20.4 Å². The van der Waals surface area contributed by atoms with Gasteiger partial charge in [-0.1, -0.05) is 29.3 Å². The smallest absolute Gasteiger partial charge is 0.171 e. The minimum absolute atomic E-state index is 0.0987. The second-order valence-electron chi connectivity index (χ2n) is 6.66. The number of halogens is 3. The van der Waals surface area contributed by atoms with E-state index in [1.54, 1.807) is 0 Å². The summed E-state index contributed by atoms with van der Waals surface area (Å²) in [5, 5.41) is 6.46. The molecule has 2 aromatic rings. The highest BCUT2D eigenvalue weighted by molar-refractivity contribution is 7.80. The molecule has 1 aliphatic rings. The third-order valence-electron chi connectivity index (χ3n) is 4.61. The van der Waals surface area contributed by atoms with Crippen LogP contribution in [0.2, 0.25) is 10.0 Å². The van der Waals surface area contributed by atoms with Crippen LogP contribution in [0.1, 0.15) is 12.0 Å². The molecule has 2 heterocycles. The van der Waals surface area contributed by atoms with Crippen LogP contribution < -0.4 is 15.5 Å². The van der Waals surface area contributed by atoms with Gasteiger partial charge in [-0.2, -0.15) is 0 Å². The molecule has 0 amide bonds. The molecule has 0 radical (unpaired) electrons. The van der Waals surface area contributed by atoms with Crippen molar-refractivity contribution in [3.63, 3.8) is 0 Å². The van der Waals surface area contributed by atoms with Gasteiger partial charge in [0.1, 0.15) is 11.6 Å². The van der Waals surface area contributed by atoms with Gasteiger partial charge in [0.2, 0.25) is 0 Å². The Morgan fingerprint density at radius 2 is 2.00 bits per heavy atom. The fourth-order valence-corrected chi connectivity index (χ4v) is 3.62. The molecule has 0 unspecified atom stereocenters. The Hall–Kier alpha value is -1.67. The van der Waals surface area contributed by atoms with E-state index >= 15 is 0 Å². The standard InChI is InChI=1S/C19H22Cl2FN5S/c1-26-8-3-9-27(11-10-26)18-13(4-2-7-23-18)12-24-19(28)25-15-6-5-14(22)16(20)17(15)21/h2,4-7H,3,8-12H2,1H3,(H2,24,25,28). The molecule has 9 heteroatoms. The largest absolute Gasteiger partial charge is 0.358 e. The van der Waals surface area contributed by atoms with E-state index in [2.05, 4.69) is 32.5 Å². The third kappa shape index (κ3) is 5.23. The van der Waals surface area contributed by atoms with Crippen molar-refractivity contribution in [1.29, 1.82) is 0 Å². The zero-order chi connectivity index (χ0) is 20.1. The first-order valence-corrected chi connectivity index (χ1v) is 10.2. The van der Waals surface area contributed by atoms with E-state index in [4.69, 9.17) is 35.4 Å². The molecule has 5 nitrogen and oxygen atoms in total. The molecule has 0 aliphatic carbocycles. The summed E-state index contributed by atoms with van der Waals surface area (Å²) in [5.41, 5.74) is 1.51. The summed E-state index contributed by atoms with van der Waals surface area (Å²) in [4.78, 5) is 9.23. The zero-order valence-electron chi connectivity index (χ0n) is 15.5. The van der Waals surface area contributed by atoms with Gasteiger partial charge in [-0.05, 0) is 50.4 Å². The predicted molar refractivity (Wildman–Crippen MR) is 118 cm³/mol. The number of aromatic nitrogens is 1. The van der Waals surface area contributed by atoms with Gasteiger partial charge in [0.15, 0.2) is 5.11 Å². The number of hydrogen-bond donors (Lipinski definition) is 2. The lowest BCUT2D eigenvalue weighted by molar-refractivity contribution is 0.360. The first-order valence-electron chi connectivity index (χ1n) is 9.01. The van der Waals surface area contributed by atoms with Gasteiger partial charge in [0.25, 0.3) is 0 Å². The highest BCUT2D eigenvalue weighted by Crippen LogP contribution is 2.32. The highest BCUT2D eigenvalue weighted by Gasteiger charge is 2.17. The van der Waals surface area contributed by atoms with Crippen molar-refractivity contribution in [3.8, 4) is 0 Å². The SMILES string of the molecule is CN1CCCN(c2ncccc2CNC(=S)Nc2ccc(F)c(Cl)c2Cl)CC1. The highest BCUT2D eigenvalue weighted by atomic mass is 35.5. The average Bonchev–Trinajstić information content (AvgIpc) is 2.91. The summed E-state index contributed by atoms with van der Waals surface area (Å²) in [6.45, 7) is 4.51. The lowest BCUT2D eigenvalue weighted by Crippen LogP contribution is -2.32. The van der Waals surface area contributed by atoms with Crippen molar-refractivity contribution < 1.29 is 4.39 Å². The number of nitrogens with zero attached hydrogens (tertiary/aromatic N) is 3. The normalized spacial score (nSPS) is 15.2.